The molecular formula is C19H20FN3O2. The Morgan fingerprint density at radius 1 is 1.20 bits per heavy atom. The maximum atomic E-state index is 13.7. The number of halogens is 1. The van der Waals surface area contributed by atoms with Crippen LogP contribution in [0.4, 0.5) is 4.39 Å². The highest BCUT2D eigenvalue weighted by Gasteiger charge is 2.43. The highest BCUT2D eigenvalue weighted by molar-refractivity contribution is 6.34. The van der Waals surface area contributed by atoms with Crippen LogP contribution in [0.15, 0.2) is 30.5 Å². The summed E-state index contributed by atoms with van der Waals surface area (Å²) in [5, 5.41) is 3.28. The zero-order valence-corrected chi connectivity index (χ0v) is 14.0. The summed E-state index contributed by atoms with van der Waals surface area (Å²) in [6.45, 7) is 1.26. The van der Waals surface area contributed by atoms with Crippen LogP contribution in [0.3, 0.4) is 0 Å². The average Bonchev–Trinajstić information content (AvgIpc) is 3.18. The summed E-state index contributed by atoms with van der Waals surface area (Å²) in [5.41, 5.74) is 1.95. The van der Waals surface area contributed by atoms with Crippen LogP contribution in [-0.2, 0) is 9.59 Å². The third-order valence-electron chi connectivity index (χ3n) is 5.64. The number of benzene rings is 1. The zero-order chi connectivity index (χ0) is 17.6. The lowest BCUT2D eigenvalue weighted by Crippen LogP contribution is -2.41. The molecule has 2 unspecified atom stereocenters. The lowest BCUT2D eigenvalue weighted by atomic mass is 9.93. The molecule has 2 heterocycles. The molecule has 1 N–H and O–H groups in total. The molecule has 1 aromatic heterocycles. The molecule has 0 bridgehead atoms. The second-order valence-electron chi connectivity index (χ2n) is 7.04. The fourth-order valence-corrected chi connectivity index (χ4v) is 4.47. The van der Waals surface area contributed by atoms with Gasteiger partial charge in [0.15, 0.2) is 0 Å². The number of likely N-dealkylation sites (tertiary alicyclic amines) is 1. The van der Waals surface area contributed by atoms with E-state index in [1.807, 2.05) is 6.07 Å². The van der Waals surface area contributed by atoms with Gasteiger partial charge >= 0.3 is 11.8 Å². The first kappa shape index (κ1) is 16.0. The quantitative estimate of drug-likeness (QED) is 0.808. The van der Waals surface area contributed by atoms with E-state index >= 15 is 0 Å². The van der Waals surface area contributed by atoms with Gasteiger partial charge in [-0.05, 0) is 60.4 Å². The van der Waals surface area contributed by atoms with Gasteiger partial charge in [-0.15, -0.1) is 0 Å². The minimum atomic E-state index is -0.549. The summed E-state index contributed by atoms with van der Waals surface area (Å²) >= 11 is 0. The van der Waals surface area contributed by atoms with E-state index in [1.165, 1.54) is 13.1 Å². The number of nitrogens with zero attached hydrogens (tertiary/aromatic N) is 2. The minimum absolute atomic E-state index is 0.248. The topological polar surface area (TPSA) is 62.3 Å². The monoisotopic (exact) mass is 341 g/mol. The number of rotatable bonds is 1. The Morgan fingerprint density at radius 3 is 2.60 bits per heavy atom. The van der Waals surface area contributed by atoms with Crippen LogP contribution >= 0.6 is 0 Å². The third kappa shape index (κ3) is 2.75. The Kier molecular flexibility index (Phi) is 3.90. The molecule has 2 aromatic rings. The molecule has 1 saturated heterocycles. The fraction of sp³-hybridized carbons (Fsp3) is 0.421. The van der Waals surface area contributed by atoms with E-state index in [2.05, 4.69) is 10.3 Å². The number of nitrogens with one attached hydrogen (secondary N) is 1. The molecule has 1 aliphatic heterocycles. The predicted molar refractivity (Wildman–Crippen MR) is 91.3 cm³/mol. The van der Waals surface area contributed by atoms with Crippen LogP contribution in [0.25, 0.3) is 10.9 Å². The number of carbonyl (C=O) groups is 2. The highest BCUT2D eigenvalue weighted by Crippen LogP contribution is 2.47. The van der Waals surface area contributed by atoms with Crippen molar-refractivity contribution in [3.05, 3.63) is 41.8 Å². The van der Waals surface area contributed by atoms with Crippen LogP contribution in [0.1, 0.15) is 24.3 Å². The molecule has 25 heavy (non-hydrogen) atoms. The van der Waals surface area contributed by atoms with Crippen LogP contribution in [-0.4, -0.2) is 41.8 Å². The summed E-state index contributed by atoms with van der Waals surface area (Å²) in [4.78, 5) is 29.6. The Labute approximate surface area is 145 Å². The molecule has 2 amide bonds. The van der Waals surface area contributed by atoms with Gasteiger partial charge in [0.1, 0.15) is 5.82 Å². The van der Waals surface area contributed by atoms with Gasteiger partial charge in [0.2, 0.25) is 0 Å². The Morgan fingerprint density at radius 2 is 1.92 bits per heavy atom. The number of aromatic nitrogens is 1. The zero-order valence-electron chi connectivity index (χ0n) is 14.0. The molecule has 0 radical (unpaired) electrons. The van der Waals surface area contributed by atoms with Crippen molar-refractivity contribution in [1.82, 2.24) is 15.2 Å². The standard InChI is InChI=1S/C19H20FN3O2/c1-21-18(24)19(25)23-9-12-6-11(7-13(12)10-23)15-4-5-22-17-3-2-14(20)8-16(15)17/h2-5,8,11-13H,6-7,9-10H2,1H3,(H,21,24). The average molecular weight is 341 g/mol. The molecule has 1 saturated carbocycles. The third-order valence-corrected chi connectivity index (χ3v) is 5.64. The maximum Gasteiger partial charge on any atom is 0.311 e. The summed E-state index contributed by atoms with van der Waals surface area (Å²) in [6.07, 6.45) is 3.70. The van der Waals surface area contributed by atoms with Gasteiger partial charge in [0.05, 0.1) is 5.52 Å². The Hall–Kier alpha value is -2.50. The van der Waals surface area contributed by atoms with Crippen molar-refractivity contribution >= 4 is 22.7 Å². The molecule has 130 valence electrons. The molecule has 1 aromatic carbocycles. The van der Waals surface area contributed by atoms with E-state index < -0.39 is 11.8 Å². The molecular weight excluding hydrogens is 321 g/mol. The second kappa shape index (κ2) is 6.10. The number of hydrogen-bond acceptors (Lipinski definition) is 3. The van der Waals surface area contributed by atoms with Crippen molar-refractivity contribution in [3.63, 3.8) is 0 Å². The molecule has 1 aliphatic carbocycles. The fourth-order valence-electron chi connectivity index (χ4n) is 4.47. The Bertz CT molecular complexity index is 840. The molecule has 0 spiro atoms. The van der Waals surface area contributed by atoms with Gasteiger partial charge < -0.3 is 10.2 Å². The highest BCUT2D eigenvalue weighted by atomic mass is 19.1. The first-order valence-electron chi connectivity index (χ1n) is 8.62. The van der Waals surface area contributed by atoms with Crippen molar-refractivity contribution in [2.45, 2.75) is 18.8 Å². The number of carbonyl (C=O) groups excluding carboxylic acids is 2. The maximum absolute atomic E-state index is 13.7. The summed E-state index contributed by atoms with van der Waals surface area (Å²) < 4.78 is 13.7. The normalized spacial score (nSPS) is 25.2. The molecule has 2 fully saturated rings. The summed E-state index contributed by atoms with van der Waals surface area (Å²) in [7, 11) is 1.47. The van der Waals surface area contributed by atoms with E-state index in [4.69, 9.17) is 0 Å². The number of fused-ring (bicyclic) bond motifs is 2. The molecule has 6 heteroatoms. The van der Waals surface area contributed by atoms with E-state index in [1.54, 1.807) is 23.2 Å². The number of amides is 2. The van der Waals surface area contributed by atoms with Gasteiger partial charge in [0, 0.05) is 31.7 Å². The lowest BCUT2D eigenvalue weighted by Gasteiger charge is -2.19. The molecule has 2 atom stereocenters. The SMILES string of the molecule is CNC(=O)C(=O)N1CC2CC(c3ccnc4ccc(F)cc34)CC2C1. The van der Waals surface area contributed by atoms with Crippen LogP contribution in [0, 0.1) is 17.7 Å². The molecule has 4 rings (SSSR count). The van der Waals surface area contributed by atoms with Gasteiger partial charge in [-0.2, -0.15) is 0 Å². The summed E-state index contributed by atoms with van der Waals surface area (Å²) in [5.74, 6) is -0.0929. The van der Waals surface area contributed by atoms with Crippen LogP contribution < -0.4 is 5.32 Å². The van der Waals surface area contributed by atoms with Gasteiger partial charge in [-0.3, -0.25) is 14.6 Å². The Balaban J connectivity index is 1.53. The van der Waals surface area contributed by atoms with Gasteiger partial charge in [0.25, 0.3) is 0 Å². The minimum Gasteiger partial charge on any atom is -0.351 e. The number of hydrogen-bond donors (Lipinski definition) is 1. The van der Waals surface area contributed by atoms with E-state index in [-0.39, 0.29) is 5.82 Å². The van der Waals surface area contributed by atoms with Crippen molar-refractivity contribution < 1.29 is 14.0 Å². The van der Waals surface area contributed by atoms with Crippen LogP contribution in [0.2, 0.25) is 0 Å². The summed E-state index contributed by atoms with van der Waals surface area (Å²) in [6, 6.07) is 6.70. The van der Waals surface area contributed by atoms with Crippen molar-refractivity contribution in [3.8, 4) is 0 Å². The second-order valence-corrected chi connectivity index (χ2v) is 7.04. The van der Waals surface area contributed by atoms with Crippen molar-refractivity contribution in [1.29, 1.82) is 0 Å². The van der Waals surface area contributed by atoms with E-state index in [0.29, 0.717) is 30.8 Å². The van der Waals surface area contributed by atoms with E-state index in [0.717, 1.165) is 29.3 Å². The number of likely N-dealkylation sites (N-methyl/N-ethyl adjacent to an activating group) is 1. The molecule has 2 aliphatic rings. The van der Waals surface area contributed by atoms with Crippen molar-refractivity contribution in [2.24, 2.45) is 11.8 Å². The van der Waals surface area contributed by atoms with Gasteiger partial charge in [-0.25, -0.2) is 4.39 Å². The first-order chi connectivity index (χ1) is 12.1. The largest absolute Gasteiger partial charge is 0.351 e. The molecule has 5 nitrogen and oxygen atoms in total. The number of pyridine rings is 1. The lowest BCUT2D eigenvalue weighted by molar-refractivity contribution is -0.145. The van der Waals surface area contributed by atoms with Crippen LogP contribution in [0.5, 0.6) is 0 Å². The van der Waals surface area contributed by atoms with Crippen molar-refractivity contribution in [2.75, 3.05) is 20.1 Å². The predicted octanol–water partition coefficient (Wildman–Crippen LogP) is 2.07. The van der Waals surface area contributed by atoms with Gasteiger partial charge in [-0.1, -0.05) is 0 Å². The smallest absolute Gasteiger partial charge is 0.311 e. The van der Waals surface area contributed by atoms with E-state index in [9.17, 15) is 14.0 Å². The first-order valence-corrected chi connectivity index (χ1v) is 8.62.